The van der Waals surface area contributed by atoms with Crippen LogP contribution >= 0.6 is 0 Å². The van der Waals surface area contributed by atoms with E-state index in [1.54, 1.807) is 0 Å². The minimum atomic E-state index is -1.45. The number of rotatable bonds is 16. The number of aliphatic hydroxyl groups is 2. The van der Waals surface area contributed by atoms with Crippen molar-refractivity contribution in [2.24, 2.45) is 0 Å². The van der Waals surface area contributed by atoms with Gasteiger partial charge in [-0.15, -0.1) is 0 Å². The van der Waals surface area contributed by atoms with E-state index in [2.05, 4.69) is 6.92 Å². The average Bonchev–Trinajstić information content (AvgIpc) is 2.75. The number of benzene rings is 1. The number of hydrogen-bond acceptors (Lipinski definition) is 8. The summed E-state index contributed by atoms with van der Waals surface area (Å²) >= 11 is 0. The number of methoxy groups -OCH3 is 1. The Morgan fingerprint density at radius 3 is 2.52 bits per heavy atom. The number of esters is 1. The largest absolute Gasteiger partial charge is 0.493 e. The monoisotopic (exact) mass is 412 g/mol. The highest BCUT2D eigenvalue weighted by Crippen LogP contribution is 2.29. The van der Waals surface area contributed by atoms with Gasteiger partial charge in [-0.3, -0.25) is 4.79 Å². The molecule has 0 aliphatic carbocycles. The van der Waals surface area contributed by atoms with Crippen molar-refractivity contribution < 1.29 is 38.7 Å². The maximum atomic E-state index is 12.4. The Bertz CT molecular complexity index is 604. The van der Waals surface area contributed by atoms with Gasteiger partial charge in [0.25, 0.3) is 6.29 Å². The molecule has 0 radical (unpaired) electrons. The van der Waals surface area contributed by atoms with Gasteiger partial charge >= 0.3 is 5.97 Å². The van der Waals surface area contributed by atoms with Crippen molar-refractivity contribution in [2.45, 2.75) is 57.8 Å². The molecule has 0 bridgehead atoms. The maximum Gasteiger partial charge on any atom is 0.376 e. The lowest BCUT2D eigenvalue weighted by Crippen LogP contribution is -2.35. The van der Waals surface area contributed by atoms with Crippen molar-refractivity contribution in [1.82, 2.24) is 0 Å². The van der Waals surface area contributed by atoms with Gasteiger partial charge < -0.3 is 29.2 Å². The first-order valence-electron chi connectivity index (χ1n) is 9.92. The van der Waals surface area contributed by atoms with Crippen LogP contribution in [0.2, 0.25) is 0 Å². The van der Waals surface area contributed by atoms with Gasteiger partial charge in [-0.05, 0) is 24.6 Å². The van der Waals surface area contributed by atoms with E-state index in [1.807, 2.05) is 0 Å². The van der Waals surface area contributed by atoms with Crippen molar-refractivity contribution in [2.75, 3.05) is 26.9 Å². The third-order valence-electron chi connectivity index (χ3n) is 4.14. The van der Waals surface area contributed by atoms with Crippen LogP contribution in [0.1, 0.15) is 55.8 Å². The van der Waals surface area contributed by atoms with Gasteiger partial charge in [0.2, 0.25) is 0 Å². The van der Waals surface area contributed by atoms with Gasteiger partial charge in [0.15, 0.2) is 11.5 Å². The summed E-state index contributed by atoms with van der Waals surface area (Å²) in [6, 6.07) is 4.44. The third-order valence-corrected chi connectivity index (χ3v) is 4.14. The van der Waals surface area contributed by atoms with Crippen molar-refractivity contribution in [1.29, 1.82) is 0 Å². The number of carbonyl (C=O) groups is 2. The van der Waals surface area contributed by atoms with Gasteiger partial charge in [0.05, 0.1) is 26.9 Å². The van der Waals surface area contributed by atoms with Crippen LogP contribution in [-0.4, -0.2) is 61.8 Å². The molecule has 0 aliphatic heterocycles. The van der Waals surface area contributed by atoms with E-state index in [9.17, 15) is 14.7 Å². The minimum Gasteiger partial charge on any atom is -0.493 e. The molecule has 1 aromatic carbocycles. The molecule has 2 unspecified atom stereocenters. The van der Waals surface area contributed by atoms with Crippen molar-refractivity contribution in [3.8, 4) is 11.5 Å². The molecule has 8 heteroatoms. The fraction of sp³-hybridized carbons (Fsp3) is 0.619. The lowest BCUT2D eigenvalue weighted by atomic mass is 10.1. The first-order valence-corrected chi connectivity index (χ1v) is 9.92. The van der Waals surface area contributed by atoms with Gasteiger partial charge in [0, 0.05) is 5.56 Å². The van der Waals surface area contributed by atoms with Crippen molar-refractivity contribution in [3.63, 3.8) is 0 Å². The normalized spacial score (nSPS) is 12.8. The predicted octanol–water partition coefficient (Wildman–Crippen LogP) is 2.49. The first-order chi connectivity index (χ1) is 14.0. The summed E-state index contributed by atoms with van der Waals surface area (Å²) in [6.45, 7) is 1.55. The van der Waals surface area contributed by atoms with Crippen LogP contribution in [-0.2, 0) is 14.3 Å². The van der Waals surface area contributed by atoms with E-state index in [0.717, 1.165) is 25.7 Å². The van der Waals surface area contributed by atoms with Gasteiger partial charge in [-0.1, -0.05) is 39.0 Å². The maximum absolute atomic E-state index is 12.4. The first kappa shape index (κ1) is 24.9. The molecular formula is C21H32O8. The van der Waals surface area contributed by atoms with Crippen LogP contribution in [0.4, 0.5) is 0 Å². The summed E-state index contributed by atoms with van der Waals surface area (Å²) in [4.78, 5) is 23.3. The average molecular weight is 412 g/mol. The Hall–Kier alpha value is -2.16. The molecule has 1 aromatic rings. The van der Waals surface area contributed by atoms with E-state index < -0.39 is 25.0 Å². The summed E-state index contributed by atoms with van der Waals surface area (Å²) < 4.78 is 21.3. The van der Waals surface area contributed by atoms with Gasteiger partial charge in [0.1, 0.15) is 12.4 Å². The Labute approximate surface area is 171 Å². The predicted molar refractivity (Wildman–Crippen MR) is 106 cm³/mol. The summed E-state index contributed by atoms with van der Waals surface area (Å²) in [6.07, 6.45) is 4.36. The van der Waals surface area contributed by atoms with Crippen LogP contribution in [0.15, 0.2) is 18.2 Å². The zero-order valence-electron chi connectivity index (χ0n) is 17.2. The quantitative estimate of drug-likeness (QED) is 0.184. The fourth-order valence-corrected chi connectivity index (χ4v) is 2.49. The van der Waals surface area contributed by atoms with Crippen LogP contribution in [0.5, 0.6) is 11.5 Å². The molecular weight excluding hydrogens is 380 g/mol. The van der Waals surface area contributed by atoms with E-state index in [1.165, 1.54) is 38.2 Å². The molecule has 2 atom stereocenters. The molecule has 0 spiro atoms. The third kappa shape index (κ3) is 9.74. The number of aliphatic hydroxyl groups excluding tert-OH is 2. The molecule has 2 N–H and O–H groups in total. The summed E-state index contributed by atoms with van der Waals surface area (Å²) in [7, 11) is 1.40. The SMILES string of the molecule is CCCCCCCCOC(=O)C(OCC(O)CO)Oc1ccc(C=O)cc1OC. The van der Waals surface area contributed by atoms with Crippen LogP contribution in [0.25, 0.3) is 0 Å². The summed E-state index contributed by atoms with van der Waals surface area (Å²) in [5.74, 6) is -0.321. The Morgan fingerprint density at radius 2 is 1.86 bits per heavy atom. The zero-order valence-corrected chi connectivity index (χ0v) is 17.2. The second kappa shape index (κ2) is 14.8. The number of aldehydes is 1. The van der Waals surface area contributed by atoms with E-state index in [-0.39, 0.29) is 24.7 Å². The second-order valence-corrected chi connectivity index (χ2v) is 6.58. The second-order valence-electron chi connectivity index (χ2n) is 6.58. The minimum absolute atomic E-state index is 0.179. The number of ether oxygens (including phenoxy) is 4. The lowest BCUT2D eigenvalue weighted by molar-refractivity contribution is -0.182. The zero-order chi connectivity index (χ0) is 21.5. The molecule has 0 saturated heterocycles. The molecule has 0 amide bonds. The highest BCUT2D eigenvalue weighted by Gasteiger charge is 2.25. The molecule has 164 valence electrons. The van der Waals surface area contributed by atoms with E-state index in [4.69, 9.17) is 24.1 Å². The fourth-order valence-electron chi connectivity index (χ4n) is 2.49. The highest BCUT2D eigenvalue weighted by molar-refractivity contribution is 5.77. The molecule has 0 aromatic heterocycles. The standard InChI is InChI=1S/C21H32O8/c1-3-4-5-6-7-8-11-27-20(25)21(28-15-17(24)14-23)29-18-10-9-16(13-22)12-19(18)26-2/h9-10,12-13,17,21,23-24H,3-8,11,14-15H2,1-2H3. The van der Waals surface area contributed by atoms with Gasteiger partial charge in [-0.2, -0.15) is 0 Å². The molecule has 0 aliphatic rings. The van der Waals surface area contributed by atoms with E-state index in [0.29, 0.717) is 11.8 Å². The molecule has 8 nitrogen and oxygen atoms in total. The molecule has 29 heavy (non-hydrogen) atoms. The lowest BCUT2D eigenvalue weighted by Gasteiger charge is -2.20. The van der Waals surface area contributed by atoms with Crippen molar-refractivity contribution >= 4 is 12.3 Å². The van der Waals surface area contributed by atoms with Crippen LogP contribution in [0, 0.1) is 0 Å². The smallest absolute Gasteiger partial charge is 0.376 e. The molecule has 0 heterocycles. The summed E-state index contributed by atoms with van der Waals surface area (Å²) in [5, 5.41) is 18.4. The summed E-state index contributed by atoms with van der Waals surface area (Å²) in [5.41, 5.74) is 0.382. The Balaban J connectivity index is 2.67. The number of hydrogen-bond donors (Lipinski definition) is 2. The molecule has 1 rings (SSSR count). The highest BCUT2D eigenvalue weighted by atomic mass is 16.7. The van der Waals surface area contributed by atoms with Crippen molar-refractivity contribution in [3.05, 3.63) is 23.8 Å². The van der Waals surface area contributed by atoms with Gasteiger partial charge in [-0.25, -0.2) is 4.79 Å². The molecule has 0 saturated carbocycles. The van der Waals surface area contributed by atoms with Crippen LogP contribution in [0.3, 0.4) is 0 Å². The Kier molecular flexibility index (Phi) is 12.7. The van der Waals surface area contributed by atoms with Crippen LogP contribution < -0.4 is 9.47 Å². The molecule has 0 fully saturated rings. The Morgan fingerprint density at radius 1 is 1.14 bits per heavy atom. The number of unbranched alkanes of at least 4 members (excludes halogenated alkanes) is 5. The van der Waals surface area contributed by atoms with E-state index >= 15 is 0 Å². The number of carbonyl (C=O) groups excluding carboxylic acids is 2. The topological polar surface area (TPSA) is 112 Å².